The Hall–Kier alpha value is -1.49. The monoisotopic (exact) mass is 244 g/mol. The molecule has 0 amide bonds. The molecule has 0 radical (unpaired) electrons. The Kier molecular flexibility index (Phi) is 4.78. The summed E-state index contributed by atoms with van der Waals surface area (Å²) in [4.78, 5) is 0. The van der Waals surface area contributed by atoms with Crippen molar-refractivity contribution in [2.24, 2.45) is 5.92 Å². The molecule has 2 nitrogen and oxygen atoms in total. The Labute approximate surface area is 111 Å². The first kappa shape index (κ1) is 14.6. The van der Waals surface area contributed by atoms with Crippen molar-refractivity contribution < 1.29 is 0 Å². The number of benzene rings is 1. The molecule has 0 heterocycles. The Balaban J connectivity index is 2.72. The SMILES string of the molecule is CC(C)CC(C#N)Nc1ccc(C(C)(C)C)cc1. The topological polar surface area (TPSA) is 35.8 Å². The summed E-state index contributed by atoms with van der Waals surface area (Å²) in [5.41, 5.74) is 2.51. The van der Waals surface area contributed by atoms with Crippen LogP contribution in [-0.4, -0.2) is 6.04 Å². The zero-order valence-corrected chi connectivity index (χ0v) is 12.1. The molecule has 0 fully saturated rings. The van der Waals surface area contributed by atoms with E-state index >= 15 is 0 Å². The van der Waals surface area contributed by atoms with Crippen molar-refractivity contribution in [1.29, 1.82) is 5.26 Å². The van der Waals surface area contributed by atoms with Crippen LogP contribution in [0.2, 0.25) is 0 Å². The van der Waals surface area contributed by atoms with Gasteiger partial charge in [-0.3, -0.25) is 0 Å². The van der Waals surface area contributed by atoms with Crippen LogP contribution >= 0.6 is 0 Å². The molecule has 0 aromatic heterocycles. The van der Waals surface area contributed by atoms with Crippen molar-refractivity contribution in [1.82, 2.24) is 0 Å². The Morgan fingerprint density at radius 2 is 1.72 bits per heavy atom. The Bertz CT molecular complexity index is 404. The lowest BCUT2D eigenvalue weighted by molar-refractivity contribution is 0.568. The summed E-state index contributed by atoms with van der Waals surface area (Å²) in [5, 5.41) is 12.4. The molecule has 1 atom stereocenters. The van der Waals surface area contributed by atoms with Gasteiger partial charge in [-0.1, -0.05) is 46.8 Å². The highest BCUT2D eigenvalue weighted by molar-refractivity contribution is 5.47. The summed E-state index contributed by atoms with van der Waals surface area (Å²) < 4.78 is 0. The van der Waals surface area contributed by atoms with Gasteiger partial charge in [-0.15, -0.1) is 0 Å². The first-order valence-electron chi connectivity index (χ1n) is 6.59. The first-order chi connectivity index (χ1) is 8.32. The number of hydrogen-bond donors (Lipinski definition) is 1. The molecular weight excluding hydrogens is 220 g/mol. The quantitative estimate of drug-likeness (QED) is 0.855. The molecule has 1 unspecified atom stereocenters. The highest BCUT2D eigenvalue weighted by Gasteiger charge is 2.14. The van der Waals surface area contributed by atoms with Gasteiger partial charge in [0.1, 0.15) is 6.04 Å². The number of anilines is 1. The van der Waals surface area contributed by atoms with Gasteiger partial charge in [-0.05, 0) is 35.4 Å². The molecule has 0 aliphatic carbocycles. The summed E-state index contributed by atoms with van der Waals surface area (Å²) in [6, 6.07) is 10.6. The highest BCUT2D eigenvalue weighted by Crippen LogP contribution is 2.24. The second-order valence-corrected chi connectivity index (χ2v) is 6.28. The van der Waals surface area contributed by atoms with Crippen LogP contribution in [0.3, 0.4) is 0 Å². The van der Waals surface area contributed by atoms with E-state index in [0.29, 0.717) is 5.92 Å². The molecule has 1 N–H and O–H groups in total. The predicted octanol–water partition coefficient (Wildman–Crippen LogP) is 4.33. The molecule has 0 aliphatic rings. The fourth-order valence-electron chi connectivity index (χ4n) is 1.88. The zero-order chi connectivity index (χ0) is 13.8. The fourth-order valence-corrected chi connectivity index (χ4v) is 1.88. The Morgan fingerprint density at radius 1 is 1.17 bits per heavy atom. The van der Waals surface area contributed by atoms with Crippen LogP contribution < -0.4 is 5.32 Å². The van der Waals surface area contributed by atoms with Crippen molar-refractivity contribution in [3.63, 3.8) is 0 Å². The number of hydrogen-bond acceptors (Lipinski definition) is 2. The lowest BCUT2D eigenvalue weighted by atomic mass is 9.87. The lowest BCUT2D eigenvalue weighted by Crippen LogP contribution is -2.19. The fraction of sp³-hybridized carbons (Fsp3) is 0.562. The molecule has 0 aliphatic heterocycles. The van der Waals surface area contributed by atoms with Crippen LogP contribution in [0.15, 0.2) is 24.3 Å². The second-order valence-electron chi connectivity index (χ2n) is 6.28. The summed E-state index contributed by atoms with van der Waals surface area (Å²) in [5.74, 6) is 0.524. The van der Waals surface area contributed by atoms with Crippen molar-refractivity contribution in [3.8, 4) is 6.07 Å². The van der Waals surface area contributed by atoms with Crippen LogP contribution in [-0.2, 0) is 5.41 Å². The normalized spacial score (nSPS) is 13.2. The van der Waals surface area contributed by atoms with Gasteiger partial charge in [-0.25, -0.2) is 0 Å². The number of nitrogens with one attached hydrogen (secondary N) is 1. The maximum atomic E-state index is 9.11. The smallest absolute Gasteiger partial charge is 0.114 e. The molecule has 0 spiro atoms. The molecule has 0 saturated heterocycles. The van der Waals surface area contributed by atoms with Crippen LogP contribution in [0, 0.1) is 17.2 Å². The summed E-state index contributed by atoms with van der Waals surface area (Å²) in [7, 11) is 0. The number of nitrogens with zero attached hydrogens (tertiary/aromatic N) is 1. The van der Waals surface area contributed by atoms with E-state index in [1.54, 1.807) is 0 Å². The molecule has 1 aromatic rings. The predicted molar refractivity (Wildman–Crippen MR) is 77.6 cm³/mol. The Morgan fingerprint density at radius 3 is 2.11 bits per heavy atom. The van der Waals surface area contributed by atoms with Gasteiger partial charge < -0.3 is 5.32 Å². The van der Waals surface area contributed by atoms with Crippen LogP contribution in [0.4, 0.5) is 5.69 Å². The maximum absolute atomic E-state index is 9.11. The largest absolute Gasteiger partial charge is 0.370 e. The average Bonchev–Trinajstić information content (AvgIpc) is 2.27. The van der Waals surface area contributed by atoms with Crippen LogP contribution in [0.1, 0.15) is 46.6 Å². The first-order valence-corrected chi connectivity index (χ1v) is 6.59. The lowest BCUT2D eigenvalue weighted by Gasteiger charge is -2.20. The third kappa shape index (κ3) is 4.41. The van der Waals surface area contributed by atoms with Crippen molar-refractivity contribution in [3.05, 3.63) is 29.8 Å². The number of rotatable bonds is 4. The molecular formula is C16H24N2. The number of nitriles is 1. The van der Waals surface area contributed by atoms with Crippen molar-refractivity contribution >= 4 is 5.69 Å². The van der Waals surface area contributed by atoms with Crippen LogP contribution in [0.5, 0.6) is 0 Å². The van der Waals surface area contributed by atoms with E-state index in [1.807, 2.05) is 0 Å². The summed E-state index contributed by atoms with van der Waals surface area (Å²) in [6.07, 6.45) is 0.873. The van der Waals surface area contributed by atoms with Gasteiger partial charge >= 0.3 is 0 Å². The molecule has 18 heavy (non-hydrogen) atoms. The highest BCUT2D eigenvalue weighted by atomic mass is 14.9. The van der Waals surface area contributed by atoms with E-state index in [9.17, 15) is 0 Å². The maximum Gasteiger partial charge on any atom is 0.114 e. The minimum absolute atomic E-state index is 0.106. The van der Waals surface area contributed by atoms with E-state index in [0.717, 1.165) is 12.1 Å². The average molecular weight is 244 g/mol. The summed E-state index contributed by atoms with van der Waals surface area (Å²) >= 11 is 0. The van der Waals surface area contributed by atoms with E-state index in [1.165, 1.54) is 5.56 Å². The van der Waals surface area contributed by atoms with Gasteiger partial charge in [0.05, 0.1) is 6.07 Å². The van der Waals surface area contributed by atoms with Gasteiger partial charge in [0, 0.05) is 5.69 Å². The van der Waals surface area contributed by atoms with Crippen LogP contribution in [0.25, 0.3) is 0 Å². The van der Waals surface area contributed by atoms with E-state index in [2.05, 4.69) is 70.3 Å². The van der Waals surface area contributed by atoms with E-state index < -0.39 is 0 Å². The van der Waals surface area contributed by atoms with Gasteiger partial charge in [0.25, 0.3) is 0 Å². The molecule has 98 valence electrons. The van der Waals surface area contributed by atoms with Crippen molar-refractivity contribution in [2.75, 3.05) is 5.32 Å². The van der Waals surface area contributed by atoms with E-state index in [-0.39, 0.29) is 11.5 Å². The zero-order valence-electron chi connectivity index (χ0n) is 12.1. The molecule has 1 rings (SSSR count). The van der Waals surface area contributed by atoms with Gasteiger partial charge in [0.15, 0.2) is 0 Å². The second kappa shape index (κ2) is 5.91. The minimum Gasteiger partial charge on any atom is -0.370 e. The van der Waals surface area contributed by atoms with Gasteiger partial charge in [-0.2, -0.15) is 5.26 Å². The molecule has 0 saturated carbocycles. The molecule has 1 aromatic carbocycles. The van der Waals surface area contributed by atoms with Gasteiger partial charge in [0.2, 0.25) is 0 Å². The molecule has 0 bridgehead atoms. The third-order valence-corrected chi connectivity index (χ3v) is 2.95. The molecule has 2 heteroatoms. The van der Waals surface area contributed by atoms with E-state index in [4.69, 9.17) is 5.26 Å². The standard InChI is InChI=1S/C16H24N2/c1-12(2)10-15(11-17)18-14-8-6-13(7-9-14)16(3,4)5/h6-9,12,15,18H,10H2,1-5H3. The summed E-state index contributed by atoms with van der Waals surface area (Å²) in [6.45, 7) is 10.9. The minimum atomic E-state index is -0.106. The third-order valence-electron chi connectivity index (χ3n) is 2.95. The van der Waals surface area contributed by atoms with Crippen molar-refractivity contribution in [2.45, 2.75) is 52.5 Å².